The van der Waals surface area contributed by atoms with Crippen molar-refractivity contribution in [3.05, 3.63) is 88.9 Å². The molecule has 11 nitrogen and oxygen atoms in total. The number of benzene rings is 3. The second-order valence-electron chi connectivity index (χ2n) is 12.2. The van der Waals surface area contributed by atoms with Gasteiger partial charge in [-0.25, -0.2) is 4.79 Å². The van der Waals surface area contributed by atoms with Crippen molar-refractivity contribution >= 4 is 35.6 Å². The zero-order chi connectivity index (χ0) is 31.9. The lowest BCUT2D eigenvalue weighted by Gasteiger charge is -2.29. The summed E-state index contributed by atoms with van der Waals surface area (Å²) in [5.41, 5.74) is 11.4. The first-order chi connectivity index (χ1) is 22.4. The fourth-order valence-corrected chi connectivity index (χ4v) is 6.31. The molecule has 1 aliphatic heterocycles. The molecular formula is C35H42ClN7O4. The van der Waals surface area contributed by atoms with E-state index < -0.39 is 11.8 Å². The molecule has 2 amide bonds. The normalized spacial score (nSPS) is 18.5. The van der Waals surface area contributed by atoms with Gasteiger partial charge in [-0.2, -0.15) is 0 Å². The summed E-state index contributed by atoms with van der Waals surface area (Å²) in [5, 5.41) is 13.1. The van der Waals surface area contributed by atoms with Crippen LogP contribution < -0.4 is 32.3 Å². The van der Waals surface area contributed by atoms with Gasteiger partial charge >= 0.3 is 5.76 Å². The average Bonchev–Trinajstić information content (AvgIpc) is 3.55. The molecule has 2 fully saturated rings. The van der Waals surface area contributed by atoms with E-state index in [1.165, 1.54) is 5.69 Å². The number of carbonyl (C=O) groups is 2. The van der Waals surface area contributed by atoms with Crippen LogP contribution in [0.5, 0.6) is 0 Å². The molecule has 0 spiro atoms. The Kier molecular flexibility index (Phi) is 11.5. The van der Waals surface area contributed by atoms with Crippen LogP contribution in [0.1, 0.15) is 31.2 Å². The second kappa shape index (κ2) is 15.9. The van der Waals surface area contributed by atoms with Crippen LogP contribution >= 0.6 is 12.4 Å². The highest BCUT2D eigenvalue weighted by Crippen LogP contribution is 2.29. The molecule has 1 aromatic heterocycles. The average molecular weight is 660 g/mol. The molecule has 6 N–H and O–H groups in total. The monoisotopic (exact) mass is 659 g/mol. The molecule has 2 aliphatic rings. The van der Waals surface area contributed by atoms with E-state index in [9.17, 15) is 14.4 Å². The Hall–Kier alpha value is -4.45. The van der Waals surface area contributed by atoms with Gasteiger partial charge in [0, 0.05) is 55.5 Å². The van der Waals surface area contributed by atoms with Crippen molar-refractivity contribution in [1.29, 1.82) is 0 Å². The molecule has 248 valence electrons. The Morgan fingerprint density at radius 2 is 1.51 bits per heavy atom. The number of aromatic amines is 1. The van der Waals surface area contributed by atoms with Crippen LogP contribution in [0.4, 0.5) is 11.4 Å². The topological polar surface area (TPSA) is 158 Å². The Morgan fingerprint density at radius 3 is 2.11 bits per heavy atom. The molecule has 3 aromatic carbocycles. The maximum Gasteiger partial charge on any atom is 0.439 e. The first-order valence-corrected chi connectivity index (χ1v) is 16.1. The number of rotatable bonds is 10. The van der Waals surface area contributed by atoms with Crippen LogP contribution in [0.3, 0.4) is 0 Å². The molecule has 47 heavy (non-hydrogen) atoms. The van der Waals surface area contributed by atoms with Gasteiger partial charge in [0.25, 0.3) is 0 Å². The maximum atomic E-state index is 13.6. The summed E-state index contributed by atoms with van der Waals surface area (Å²) >= 11 is 0. The number of piperazine rings is 1. The standard InChI is InChI=1S/C35H41N7O4.ClH/c36-22-24-3-7-28(8-4-24)33(43)39-31(34(44)38-29-13-9-27(10-14-29)32-40-35(45)46-41-32)21-23-1-5-25(6-2-23)26-11-15-30(16-12-26)42-19-17-37-18-20-42;/h1-2,5-6,9-16,24,28,31,37H,3-4,7-8,17-22,36H2,(H,38,44)(H,39,43)(H,40,41,45);1H/t24-,28-,31-;/m0./s1. The second-order valence-corrected chi connectivity index (χ2v) is 12.2. The van der Waals surface area contributed by atoms with E-state index in [-0.39, 0.29) is 30.1 Å². The summed E-state index contributed by atoms with van der Waals surface area (Å²) in [7, 11) is 0. The summed E-state index contributed by atoms with van der Waals surface area (Å²) in [5.74, 6) is -0.414. The molecule has 12 heteroatoms. The number of nitrogens with two attached hydrogens (primary N) is 1. The highest BCUT2D eigenvalue weighted by Gasteiger charge is 2.29. The van der Waals surface area contributed by atoms with Crippen molar-refractivity contribution < 1.29 is 14.1 Å². The molecular weight excluding hydrogens is 618 g/mol. The van der Waals surface area contributed by atoms with Crippen molar-refractivity contribution in [3.8, 4) is 22.5 Å². The first kappa shape index (κ1) is 33.9. The van der Waals surface area contributed by atoms with E-state index in [4.69, 9.17) is 5.73 Å². The number of hydrogen-bond donors (Lipinski definition) is 5. The van der Waals surface area contributed by atoms with Gasteiger partial charge in [0.15, 0.2) is 5.82 Å². The number of nitrogens with zero attached hydrogens (tertiary/aromatic N) is 2. The van der Waals surface area contributed by atoms with E-state index in [0.29, 0.717) is 36.0 Å². The predicted octanol–water partition coefficient (Wildman–Crippen LogP) is 3.96. The summed E-state index contributed by atoms with van der Waals surface area (Å²) in [6, 6.07) is 22.9. The van der Waals surface area contributed by atoms with Crippen molar-refractivity contribution in [2.45, 2.75) is 38.1 Å². The first-order valence-electron chi connectivity index (χ1n) is 16.1. The number of aromatic nitrogens is 2. The lowest BCUT2D eigenvalue weighted by Crippen LogP contribution is -2.48. The van der Waals surface area contributed by atoms with Gasteiger partial charge in [0.05, 0.1) is 0 Å². The van der Waals surface area contributed by atoms with Gasteiger partial charge in [0.2, 0.25) is 11.8 Å². The predicted molar refractivity (Wildman–Crippen MR) is 186 cm³/mol. The molecule has 6 rings (SSSR count). The quantitative estimate of drug-likeness (QED) is 0.171. The van der Waals surface area contributed by atoms with E-state index in [0.717, 1.165) is 68.6 Å². The molecule has 2 heterocycles. The minimum absolute atomic E-state index is 0. The third-order valence-electron chi connectivity index (χ3n) is 9.13. The van der Waals surface area contributed by atoms with Crippen molar-refractivity contribution in [1.82, 2.24) is 20.8 Å². The number of carbonyl (C=O) groups excluding carboxylic acids is 2. The van der Waals surface area contributed by atoms with Gasteiger partial charge < -0.3 is 26.6 Å². The zero-order valence-corrected chi connectivity index (χ0v) is 27.1. The Balaban J connectivity index is 0.00000433. The Labute approximate surface area is 280 Å². The Morgan fingerprint density at radius 1 is 0.894 bits per heavy atom. The highest BCUT2D eigenvalue weighted by atomic mass is 35.5. The number of H-pyrrole nitrogens is 1. The van der Waals surface area contributed by atoms with E-state index in [2.05, 4.69) is 71.9 Å². The van der Waals surface area contributed by atoms with Crippen LogP contribution in [0.15, 0.2) is 82.1 Å². The van der Waals surface area contributed by atoms with Crippen LogP contribution in [0.25, 0.3) is 22.5 Å². The van der Waals surface area contributed by atoms with E-state index in [1.54, 1.807) is 24.3 Å². The van der Waals surface area contributed by atoms with Crippen molar-refractivity contribution in [2.24, 2.45) is 17.6 Å². The third-order valence-corrected chi connectivity index (χ3v) is 9.13. The Bertz CT molecular complexity index is 1660. The smallest absolute Gasteiger partial charge is 0.369 e. The van der Waals surface area contributed by atoms with Gasteiger partial charge in [-0.05, 0) is 91.2 Å². The van der Waals surface area contributed by atoms with Crippen molar-refractivity contribution in [2.75, 3.05) is 42.9 Å². The van der Waals surface area contributed by atoms with Gasteiger partial charge in [-0.15, -0.1) is 12.4 Å². The molecule has 1 aliphatic carbocycles. The maximum absolute atomic E-state index is 13.6. The van der Waals surface area contributed by atoms with Crippen molar-refractivity contribution in [3.63, 3.8) is 0 Å². The number of amides is 2. The minimum Gasteiger partial charge on any atom is -0.369 e. The molecule has 0 unspecified atom stereocenters. The lowest BCUT2D eigenvalue weighted by atomic mass is 9.81. The van der Waals surface area contributed by atoms with Gasteiger partial charge in [-0.1, -0.05) is 41.6 Å². The number of halogens is 1. The SMILES string of the molecule is Cl.NC[C@H]1CC[C@H](C(=O)N[C@@H](Cc2ccc(-c3ccc(N4CCNCC4)cc3)cc2)C(=O)Nc2ccc(-c3noc(=O)[nH]3)cc2)CC1. The fraction of sp³-hybridized carbons (Fsp3) is 0.371. The molecule has 1 atom stereocenters. The highest BCUT2D eigenvalue weighted by molar-refractivity contribution is 5.97. The fourth-order valence-electron chi connectivity index (χ4n) is 6.31. The summed E-state index contributed by atoms with van der Waals surface area (Å²) in [6.07, 6.45) is 3.74. The lowest BCUT2D eigenvalue weighted by molar-refractivity contribution is -0.130. The summed E-state index contributed by atoms with van der Waals surface area (Å²) < 4.78 is 4.58. The number of anilines is 2. The number of hydrogen-bond acceptors (Lipinski definition) is 8. The zero-order valence-electron chi connectivity index (χ0n) is 26.2. The van der Waals surface area contributed by atoms with Crippen LogP contribution in [-0.2, 0) is 16.0 Å². The van der Waals surface area contributed by atoms with E-state index in [1.807, 2.05) is 12.1 Å². The summed E-state index contributed by atoms with van der Waals surface area (Å²) in [4.78, 5) is 43.2. The minimum atomic E-state index is -0.768. The molecule has 1 saturated carbocycles. The van der Waals surface area contributed by atoms with E-state index >= 15 is 0 Å². The largest absolute Gasteiger partial charge is 0.439 e. The van der Waals surface area contributed by atoms with Crippen LogP contribution in [0, 0.1) is 11.8 Å². The summed E-state index contributed by atoms with van der Waals surface area (Å²) in [6.45, 7) is 4.64. The molecule has 0 radical (unpaired) electrons. The van der Waals surface area contributed by atoms with Crippen LogP contribution in [-0.4, -0.2) is 60.7 Å². The number of nitrogens with one attached hydrogen (secondary N) is 4. The van der Waals surface area contributed by atoms with Gasteiger partial charge in [-0.3, -0.25) is 19.1 Å². The van der Waals surface area contributed by atoms with Gasteiger partial charge in [0.1, 0.15) is 6.04 Å². The molecule has 1 saturated heterocycles. The molecule has 0 bridgehead atoms. The third kappa shape index (κ3) is 8.68. The molecule has 4 aromatic rings. The van der Waals surface area contributed by atoms with Crippen LogP contribution in [0.2, 0.25) is 0 Å².